The molecule has 0 saturated carbocycles. The number of amides is 1. The van der Waals surface area contributed by atoms with Crippen molar-refractivity contribution in [2.24, 2.45) is 0 Å². The highest BCUT2D eigenvalue weighted by atomic mass is 35.5. The molecule has 1 aromatic heterocycles. The van der Waals surface area contributed by atoms with Crippen molar-refractivity contribution in [2.45, 2.75) is 24.4 Å². The minimum Gasteiger partial charge on any atom is -0.304 e. The first kappa shape index (κ1) is 20.3. The molecule has 6 nitrogen and oxygen atoms in total. The number of benzene rings is 2. The molecule has 0 N–H and O–H groups in total. The molecule has 1 aliphatic rings. The second-order valence-electron chi connectivity index (χ2n) is 6.57. The Labute approximate surface area is 184 Å². The van der Waals surface area contributed by atoms with Gasteiger partial charge in [-0.3, -0.25) is 13.6 Å². The first-order chi connectivity index (χ1) is 13.8. The molecule has 0 fully saturated rings. The number of aromatic nitrogens is 3. The summed E-state index contributed by atoms with van der Waals surface area (Å²) in [6.45, 7) is 2.69. The van der Waals surface area contributed by atoms with Crippen LogP contribution in [0.1, 0.15) is 21.7 Å². The van der Waals surface area contributed by atoms with Gasteiger partial charge in [-0.05, 0) is 48.4 Å². The zero-order chi connectivity index (χ0) is 20.7. The van der Waals surface area contributed by atoms with Gasteiger partial charge in [0.15, 0.2) is 0 Å². The van der Waals surface area contributed by atoms with Gasteiger partial charge in [0.1, 0.15) is 0 Å². The topological polar surface area (TPSA) is 68.1 Å². The van der Waals surface area contributed by atoms with E-state index in [1.165, 1.54) is 0 Å². The molecular weight excluding hydrogens is 455 g/mol. The van der Waals surface area contributed by atoms with Crippen LogP contribution in [0.2, 0.25) is 15.1 Å². The van der Waals surface area contributed by atoms with E-state index < -0.39 is 10.8 Å². The smallest absolute Gasteiger partial charge is 0.296 e. The van der Waals surface area contributed by atoms with Gasteiger partial charge in [-0.2, -0.15) is 0 Å². The van der Waals surface area contributed by atoms with E-state index in [0.717, 1.165) is 16.8 Å². The van der Waals surface area contributed by atoms with Crippen LogP contribution in [0.25, 0.3) is 0 Å². The number of carbonyl (C=O) groups is 1. The lowest BCUT2D eigenvalue weighted by Gasteiger charge is -2.29. The summed E-state index contributed by atoms with van der Waals surface area (Å²) in [7, 11) is -1.51. The first-order valence-electron chi connectivity index (χ1n) is 8.68. The number of fused-ring (bicyclic) bond motifs is 1. The van der Waals surface area contributed by atoms with Gasteiger partial charge in [0.25, 0.3) is 5.91 Å². The zero-order valence-corrected chi connectivity index (χ0v) is 18.3. The van der Waals surface area contributed by atoms with Gasteiger partial charge in [-0.1, -0.05) is 40.9 Å². The van der Waals surface area contributed by atoms with Crippen LogP contribution in [0, 0.1) is 6.92 Å². The average Bonchev–Trinajstić information content (AvgIpc) is 3.09. The molecule has 0 bridgehead atoms. The average molecular weight is 470 g/mol. The number of halogens is 3. The fourth-order valence-electron chi connectivity index (χ4n) is 3.27. The highest BCUT2D eigenvalue weighted by Gasteiger charge is 2.32. The van der Waals surface area contributed by atoms with Crippen molar-refractivity contribution in [3.8, 4) is 0 Å². The molecule has 1 atom stereocenters. The number of hydrogen-bond acceptors (Lipinski definition) is 4. The third kappa shape index (κ3) is 3.92. The lowest BCUT2D eigenvalue weighted by atomic mass is 10.1. The molecule has 1 amide bonds. The van der Waals surface area contributed by atoms with Crippen LogP contribution in [0.4, 0.5) is 5.69 Å². The van der Waals surface area contributed by atoms with E-state index >= 15 is 0 Å². The van der Waals surface area contributed by atoms with E-state index in [0.29, 0.717) is 28.2 Å². The molecular formula is C19H15Cl3N4O2S. The first-order valence-corrected chi connectivity index (χ1v) is 11.1. The Hall–Kier alpha value is -1.93. The van der Waals surface area contributed by atoms with Crippen LogP contribution in [0.15, 0.2) is 41.6 Å². The van der Waals surface area contributed by atoms with Crippen molar-refractivity contribution < 1.29 is 9.00 Å². The fraction of sp³-hybridized carbons (Fsp3) is 0.211. The summed E-state index contributed by atoms with van der Waals surface area (Å²) in [6, 6.07) is 10.4. The minimum absolute atomic E-state index is 0.156. The molecule has 0 radical (unpaired) electrons. The van der Waals surface area contributed by atoms with Gasteiger partial charge >= 0.3 is 0 Å². The Kier molecular flexibility index (Phi) is 5.66. The Morgan fingerprint density at radius 1 is 1.07 bits per heavy atom. The zero-order valence-electron chi connectivity index (χ0n) is 15.2. The molecule has 2 heterocycles. The molecule has 2 aromatic carbocycles. The molecule has 1 aliphatic heterocycles. The third-order valence-electron chi connectivity index (χ3n) is 4.65. The summed E-state index contributed by atoms with van der Waals surface area (Å²) < 4.78 is 14.5. The Morgan fingerprint density at radius 3 is 2.52 bits per heavy atom. The normalized spacial score (nSPS) is 14.8. The number of rotatable bonds is 4. The number of nitrogens with zero attached hydrogens (tertiary/aromatic N) is 4. The van der Waals surface area contributed by atoms with E-state index in [1.807, 2.05) is 13.0 Å². The molecule has 10 heteroatoms. The quantitative estimate of drug-likeness (QED) is 0.563. The van der Waals surface area contributed by atoms with Crippen molar-refractivity contribution in [1.29, 1.82) is 0 Å². The molecule has 150 valence electrons. The predicted molar refractivity (Wildman–Crippen MR) is 114 cm³/mol. The molecule has 3 aromatic rings. The van der Waals surface area contributed by atoms with Gasteiger partial charge < -0.3 is 4.90 Å². The lowest BCUT2D eigenvalue weighted by Crippen LogP contribution is -2.41. The minimum atomic E-state index is -1.51. The van der Waals surface area contributed by atoms with E-state index in [9.17, 15) is 9.00 Å². The van der Waals surface area contributed by atoms with Crippen LogP contribution in [0.3, 0.4) is 0 Å². The standard InChI is InChI=1S/C19H15Cl3N4O2S/c1-11-15(22)3-2-4-16(11)25-5-6-26-17(18(25)27)23-24-19(26)29(28)10-12-7-13(20)9-14(21)8-12/h2-4,7-9H,5-6,10H2,1H3. The second-order valence-corrected chi connectivity index (χ2v) is 9.19. The highest BCUT2D eigenvalue weighted by molar-refractivity contribution is 7.84. The summed E-state index contributed by atoms with van der Waals surface area (Å²) >= 11 is 18.2. The van der Waals surface area contributed by atoms with Gasteiger partial charge in [0.2, 0.25) is 11.0 Å². The maximum Gasteiger partial charge on any atom is 0.296 e. The Bertz CT molecular complexity index is 1130. The molecule has 4 rings (SSSR count). The lowest BCUT2D eigenvalue weighted by molar-refractivity contribution is 0.0957. The maximum atomic E-state index is 13.0. The summed E-state index contributed by atoms with van der Waals surface area (Å²) in [5, 5.41) is 9.82. The van der Waals surface area contributed by atoms with Gasteiger partial charge in [-0.15, -0.1) is 10.2 Å². The van der Waals surface area contributed by atoms with Gasteiger partial charge in [0, 0.05) is 33.8 Å². The van der Waals surface area contributed by atoms with Crippen molar-refractivity contribution in [2.75, 3.05) is 11.4 Å². The highest BCUT2D eigenvalue weighted by Crippen LogP contribution is 2.29. The SMILES string of the molecule is Cc1c(Cl)cccc1N1CCn2c(nnc2S(=O)Cc2cc(Cl)cc(Cl)c2)C1=O. The van der Waals surface area contributed by atoms with E-state index in [4.69, 9.17) is 34.8 Å². The van der Waals surface area contributed by atoms with Gasteiger partial charge in [0.05, 0.1) is 16.6 Å². The van der Waals surface area contributed by atoms with Gasteiger partial charge in [-0.25, -0.2) is 0 Å². The van der Waals surface area contributed by atoms with Crippen LogP contribution in [-0.4, -0.2) is 31.4 Å². The molecule has 0 saturated heterocycles. The van der Waals surface area contributed by atoms with E-state index in [2.05, 4.69) is 10.2 Å². The Morgan fingerprint density at radius 2 is 1.79 bits per heavy atom. The Balaban J connectivity index is 1.61. The molecule has 0 aliphatic carbocycles. The van der Waals surface area contributed by atoms with E-state index in [-0.39, 0.29) is 22.6 Å². The second kappa shape index (κ2) is 8.07. The molecule has 1 unspecified atom stereocenters. The fourth-order valence-corrected chi connectivity index (χ4v) is 5.16. The summed E-state index contributed by atoms with van der Waals surface area (Å²) in [4.78, 5) is 14.6. The number of anilines is 1. The number of hydrogen-bond donors (Lipinski definition) is 0. The molecule has 0 spiro atoms. The predicted octanol–water partition coefficient (Wildman–Crippen LogP) is 4.51. The van der Waals surface area contributed by atoms with Crippen molar-refractivity contribution >= 4 is 57.2 Å². The van der Waals surface area contributed by atoms with Crippen LogP contribution < -0.4 is 4.90 Å². The van der Waals surface area contributed by atoms with Crippen LogP contribution >= 0.6 is 34.8 Å². The summed E-state index contributed by atoms with van der Waals surface area (Å²) in [5.41, 5.74) is 2.27. The van der Waals surface area contributed by atoms with Crippen LogP contribution in [-0.2, 0) is 23.1 Å². The molecule has 29 heavy (non-hydrogen) atoms. The monoisotopic (exact) mass is 468 g/mol. The third-order valence-corrected chi connectivity index (χ3v) is 6.80. The van der Waals surface area contributed by atoms with Crippen molar-refractivity contribution in [1.82, 2.24) is 14.8 Å². The number of carbonyl (C=O) groups excluding carboxylic acids is 1. The summed E-state index contributed by atoms with van der Waals surface area (Å²) in [6.07, 6.45) is 0. The van der Waals surface area contributed by atoms with Crippen molar-refractivity contribution in [3.63, 3.8) is 0 Å². The summed E-state index contributed by atoms with van der Waals surface area (Å²) in [5.74, 6) is 0.0234. The van der Waals surface area contributed by atoms with E-state index in [1.54, 1.807) is 39.8 Å². The largest absolute Gasteiger partial charge is 0.304 e. The van der Waals surface area contributed by atoms with Crippen LogP contribution in [0.5, 0.6) is 0 Å². The maximum absolute atomic E-state index is 13.0. The van der Waals surface area contributed by atoms with Crippen molar-refractivity contribution in [3.05, 3.63) is 68.4 Å².